The van der Waals surface area contributed by atoms with Crippen LogP contribution in [0.4, 0.5) is 0 Å². The van der Waals surface area contributed by atoms with Gasteiger partial charge in [0.25, 0.3) is 5.78 Å². The Morgan fingerprint density at radius 3 is 2.75 bits per heavy atom. The van der Waals surface area contributed by atoms with Crippen molar-refractivity contribution in [3.05, 3.63) is 35.4 Å². The van der Waals surface area contributed by atoms with E-state index in [4.69, 9.17) is 4.74 Å². The molecule has 0 aliphatic carbocycles. The van der Waals surface area contributed by atoms with Gasteiger partial charge in [0, 0.05) is 13.6 Å². The highest BCUT2D eigenvalue weighted by Crippen LogP contribution is 2.27. The first-order valence-corrected chi connectivity index (χ1v) is 6.60. The number of amides is 1. The second kappa shape index (κ2) is 5.86. The predicted molar refractivity (Wildman–Crippen MR) is 72.2 cm³/mol. The molecule has 0 radical (unpaired) electrons. The zero-order chi connectivity index (χ0) is 14.7. The number of nitrogens with zero attached hydrogens (tertiary/aromatic N) is 1. The van der Waals surface area contributed by atoms with Crippen LogP contribution in [-0.4, -0.2) is 42.8 Å². The largest absolute Gasteiger partial charge is 0.460 e. The maximum absolute atomic E-state index is 12.4. The van der Waals surface area contributed by atoms with Crippen LogP contribution in [0.2, 0.25) is 0 Å². The predicted octanol–water partition coefficient (Wildman–Crippen LogP) is 0.917. The summed E-state index contributed by atoms with van der Waals surface area (Å²) in [6.07, 6.45) is 0.672. The molecule has 20 heavy (non-hydrogen) atoms. The third kappa shape index (κ3) is 2.57. The van der Waals surface area contributed by atoms with Gasteiger partial charge < -0.3 is 9.64 Å². The Bertz CT molecular complexity index is 553. The molecule has 1 amide bonds. The molecular formula is C15H17NO4. The van der Waals surface area contributed by atoms with Crippen molar-refractivity contribution in [3.8, 4) is 0 Å². The van der Waals surface area contributed by atoms with E-state index in [1.165, 1.54) is 4.90 Å². The lowest BCUT2D eigenvalue weighted by atomic mass is 9.90. The molecule has 0 saturated heterocycles. The van der Waals surface area contributed by atoms with Gasteiger partial charge in [-0.1, -0.05) is 24.3 Å². The smallest absolute Gasteiger partial charge is 0.375 e. The molecule has 0 bridgehead atoms. The topological polar surface area (TPSA) is 63.7 Å². The lowest BCUT2D eigenvalue weighted by molar-refractivity contribution is -0.156. The molecular weight excluding hydrogens is 258 g/mol. The van der Waals surface area contributed by atoms with Crippen molar-refractivity contribution in [1.29, 1.82) is 0 Å². The van der Waals surface area contributed by atoms with Crippen LogP contribution >= 0.6 is 0 Å². The summed E-state index contributed by atoms with van der Waals surface area (Å²) >= 11 is 0. The van der Waals surface area contributed by atoms with E-state index in [0.717, 1.165) is 5.56 Å². The van der Waals surface area contributed by atoms with E-state index in [1.807, 2.05) is 12.1 Å². The molecule has 1 atom stereocenters. The maximum atomic E-state index is 12.4. The van der Waals surface area contributed by atoms with Gasteiger partial charge in [0.05, 0.1) is 6.61 Å². The van der Waals surface area contributed by atoms with Crippen LogP contribution in [0.1, 0.15) is 24.0 Å². The molecule has 1 heterocycles. The fraction of sp³-hybridized carbons (Fsp3) is 0.400. The van der Waals surface area contributed by atoms with Crippen LogP contribution in [-0.2, 0) is 25.5 Å². The van der Waals surface area contributed by atoms with Crippen LogP contribution in [0.3, 0.4) is 0 Å². The molecule has 106 valence electrons. The van der Waals surface area contributed by atoms with Crippen LogP contribution in [0, 0.1) is 0 Å². The molecule has 0 fully saturated rings. The van der Waals surface area contributed by atoms with Crippen molar-refractivity contribution in [3.63, 3.8) is 0 Å². The molecule has 0 spiro atoms. The van der Waals surface area contributed by atoms with E-state index in [-0.39, 0.29) is 12.5 Å². The van der Waals surface area contributed by atoms with Gasteiger partial charge in [-0.05, 0) is 24.5 Å². The summed E-state index contributed by atoms with van der Waals surface area (Å²) in [5.74, 6) is -3.18. The zero-order valence-electron chi connectivity index (χ0n) is 11.6. The number of ketones is 1. The molecule has 0 saturated carbocycles. The Hall–Kier alpha value is -2.17. The van der Waals surface area contributed by atoms with Gasteiger partial charge in [0.15, 0.2) is 0 Å². The van der Waals surface area contributed by atoms with Crippen molar-refractivity contribution in [1.82, 2.24) is 4.90 Å². The Kier molecular flexibility index (Phi) is 4.17. The Balaban J connectivity index is 2.44. The third-order valence-corrected chi connectivity index (χ3v) is 3.44. The van der Waals surface area contributed by atoms with E-state index in [2.05, 4.69) is 0 Å². The van der Waals surface area contributed by atoms with Crippen molar-refractivity contribution in [2.45, 2.75) is 19.3 Å². The molecule has 1 aromatic carbocycles. The van der Waals surface area contributed by atoms with E-state index in [9.17, 15) is 14.4 Å². The summed E-state index contributed by atoms with van der Waals surface area (Å²) in [7, 11) is 1.64. The van der Waals surface area contributed by atoms with Gasteiger partial charge in [-0.25, -0.2) is 4.79 Å². The highest BCUT2D eigenvalue weighted by atomic mass is 16.5. The lowest BCUT2D eigenvalue weighted by Crippen LogP contribution is -2.37. The molecule has 5 heteroatoms. The SMILES string of the molecule is CCOC(=O)C(=O)[C@H]1C(=O)N(C)CCc2ccccc21. The van der Waals surface area contributed by atoms with Crippen LogP contribution in [0.15, 0.2) is 24.3 Å². The molecule has 2 rings (SSSR count). The van der Waals surface area contributed by atoms with E-state index in [0.29, 0.717) is 18.5 Å². The first-order chi connectivity index (χ1) is 9.56. The quantitative estimate of drug-likeness (QED) is 0.467. The summed E-state index contributed by atoms with van der Waals surface area (Å²) < 4.78 is 4.74. The first-order valence-electron chi connectivity index (χ1n) is 6.60. The fourth-order valence-corrected chi connectivity index (χ4v) is 2.37. The highest BCUT2D eigenvalue weighted by molar-refractivity contribution is 6.40. The number of fused-ring (bicyclic) bond motifs is 1. The summed E-state index contributed by atoms with van der Waals surface area (Å²) in [4.78, 5) is 37.8. The van der Waals surface area contributed by atoms with Crippen LogP contribution < -0.4 is 0 Å². The van der Waals surface area contributed by atoms with Crippen molar-refractivity contribution in [2.24, 2.45) is 0 Å². The van der Waals surface area contributed by atoms with Gasteiger partial charge in [-0.15, -0.1) is 0 Å². The number of carbonyl (C=O) groups is 3. The van der Waals surface area contributed by atoms with E-state index in [1.54, 1.807) is 26.1 Å². The number of carbonyl (C=O) groups excluding carboxylic acids is 3. The average molecular weight is 275 g/mol. The number of Topliss-reactive ketones (excluding diaryl/α,β-unsaturated/α-hetero) is 1. The summed E-state index contributed by atoms with van der Waals surface area (Å²) in [5, 5.41) is 0. The van der Waals surface area contributed by atoms with Crippen molar-refractivity contribution >= 4 is 17.7 Å². The summed E-state index contributed by atoms with van der Waals surface area (Å²) in [6, 6.07) is 7.24. The third-order valence-electron chi connectivity index (χ3n) is 3.44. The Morgan fingerprint density at radius 1 is 1.35 bits per heavy atom. The second-order valence-corrected chi connectivity index (χ2v) is 4.73. The molecule has 0 N–H and O–H groups in total. The average Bonchev–Trinajstić information content (AvgIpc) is 2.57. The lowest BCUT2D eigenvalue weighted by Gasteiger charge is -2.19. The molecule has 0 unspecified atom stereocenters. The minimum absolute atomic E-state index is 0.114. The molecule has 5 nitrogen and oxygen atoms in total. The molecule has 1 aliphatic rings. The van der Waals surface area contributed by atoms with Crippen LogP contribution in [0.5, 0.6) is 0 Å². The number of esters is 1. The first kappa shape index (κ1) is 14.2. The standard InChI is InChI=1S/C15H17NO4/c1-3-20-15(19)13(17)12-11-7-5-4-6-10(11)8-9-16(2)14(12)18/h4-7,12H,3,8-9H2,1-2H3/t12-/m0/s1. The van der Waals surface area contributed by atoms with E-state index < -0.39 is 17.7 Å². The van der Waals surface area contributed by atoms with Gasteiger partial charge in [0.2, 0.25) is 5.91 Å². The minimum Gasteiger partial charge on any atom is -0.460 e. The van der Waals surface area contributed by atoms with Gasteiger partial charge in [0.1, 0.15) is 5.92 Å². The fourth-order valence-electron chi connectivity index (χ4n) is 2.37. The second-order valence-electron chi connectivity index (χ2n) is 4.73. The van der Waals surface area contributed by atoms with Gasteiger partial charge >= 0.3 is 5.97 Å². The number of hydrogen-bond acceptors (Lipinski definition) is 4. The van der Waals surface area contributed by atoms with Crippen molar-refractivity contribution in [2.75, 3.05) is 20.2 Å². The highest BCUT2D eigenvalue weighted by Gasteiger charge is 2.38. The number of likely N-dealkylation sites (N-methyl/N-ethyl adjacent to an activating group) is 1. The van der Waals surface area contributed by atoms with Crippen LogP contribution in [0.25, 0.3) is 0 Å². The Labute approximate surface area is 117 Å². The van der Waals surface area contributed by atoms with Crippen molar-refractivity contribution < 1.29 is 19.1 Å². The van der Waals surface area contributed by atoms with E-state index >= 15 is 0 Å². The minimum atomic E-state index is -1.09. The van der Waals surface area contributed by atoms with Gasteiger partial charge in [-0.3, -0.25) is 9.59 Å². The van der Waals surface area contributed by atoms with Gasteiger partial charge in [-0.2, -0.15) is 0 Å². The summed E-state index contributed by atoms with van der Waals surface area (Å²) in [5.41, 5.74) is 1.53. The number of hydrogen-bond donors (Lipinski definition) is 0. The molecule has 1 aliphatic heterocycles. The number of benzene rings is 1. The number of rotatable bonds is 3. The normalized spacial score (nSPS) is 18.2. The maximum Gasteiger partial charge on any atom is 0.375 e. The summed E-state index contributed by atoms with van der Waals surface area (Å²) in [6.45, 7) is 2.27. The number of ether oxygens (including phenoxy) is 1. The molecule has 0 aromatic heterocycles. The Morgan fingerprint density at radius 2 is 2.05 bits per heavy atom. The monoisotopic (exact) mass is 275 g/mol. The zero-order valence-corrected chi connectivity index (χ0v) is 11.6. The molecule has 1 aromatic rings.